The first-order valence-corrected chi connectivity index (χ1v) is 10.5. The molecule has 2 amide bonds. The van der Waals surface area contributed by atoms with Gasteiger partial charge in [0.25, 0.3) is 10.0 Å². The number of hydrogen-bond acceptors (Lipinski definition) is 5. The van der Waals surface area contributed by atoms with Gasteiger partial charge in [-0.15, -0.1) is 0 Å². The number of sulfonamides is 1. The molecule has 2 heterocycles. The molecule has 2 aromatic rings. The standard InChI is InChI=1S/C17H14ClF5N4O3S/c18-12-7-10(17(21,22)23)9-24-15(12)26-3-5-27(6-4-26)16(28)25-31(29,30)11-1-2-13(19)14(20)8-11/h1-2,7-9H,3-6H2,(H,25,28). The third-order valence-electron chi connectivity index (χ3n) is 4.44. The maximum Gasteiger partial charge on any atom is 0.417 e. The van der Waals surface area contributed by atoms with Gasteiger partial charge in [0.15, 0.2) is 11.6 Å². The summed E-state index contributed by atoms with van der Waals surface area (Å²) < 4.78 is 90.6. The fraction of sp³-hybridized carbons (Fsp3) is 0.294. The highest BCUT2D eigenvalue weighted by Crippen LogP contribution is 2.33. The average molecular weight is 485 g/mol. The van der Waals surface area contributed by atoms with Crippen LogP contribution in [-0.2, 0) is 16.2 Å². The van der Waals surface area contributed by atoms with Crippen molar-refractivity contribution in [2.24, 2.45) is 0 Å². The van der Waals surface area contributed by atoms with Gasteiger partial charge < -0.3 is 9.80 Å². The Labute approximate surface area is 178 Å². The lowest BCUT2D eigenvalue weighted by atomic mass is 10.2. The van der Waals surface area contributed by atoms with Crippen LogP contribution in [0.25, 0.3) is 0 Å². The molecule has 3 rings (SSSR count). The first kappa shape index (κ1) is 23.0. The third-order valence-corrected chi connectivity index (χ3v) is 6.03. The minimum absolute atomic E-state index is 0.0121. The van der Waals surface area contributed by atoms with Crippen LogP contribution in [0.15, 0.2) is 35.4 Å². The second-order valence-electron chi connectivity index (χ2n) is 6.49. The number of nitrogens with one attached hydrogen (secondary N) is 1. The molecule has 1 aliphatic heterocycles. The highest BCUT2D eigenvalue weighted by molar-refractivity contribution is 7.90. The summed E-state index contributed by atoms with van der Waals surface area (Å²) in [7, 11) is -4.44. The molecule has 14 heteroatoms. The smallest absolute Gasteiger partial charge is 0.352 e. The lowest BCUT2D eigenvalue weighted by Gasteiger charge is -2.35. The van der Waals surface area contributed by atoms with Crippen molar-refractivity contribution in [1.29, 1.82) is 0 Å². The number of carbonyl (C=O) groups excluding carboxylic acids is 1. The highest BCUT2D eigenvalue weighted by atomic mass is 35.5. The van der Waals surface area contributed by atoms with Crippen LogP contribution in [0.1, 0.15) is 5.56 Å². The Kier molecular flexibility index (Phi) is 6.28. The zero-order valence-electron chi connectivity index (χ0n) is 15.5. The van der Waals surface area contributed by atoms with E-state index in [0.29, 0.717) is 18.3 Å². The van der Waals surface area contributed by atoms with Crippen LogP contribution >= 0.6 is 11.6 Å². The van der Waals surface area contributed by atoms with Gasteiger partial charge in [-0.3, -0.25) is 0 Å². The average Bonchev–Trinajstić information content (AvgIpc) is 2.69. The van der Waals surface area contributed by atoms with Crippen molar-refractivity contribution in [3.8, 4) is 0 Å². The van der Waals surface area contributed by atoms with Gasteiger partial charge in [0.05, 0.1) is 15.5 Å². The maximum absolute atomic E-state index is 13.3. The van der Waals surface area contributed by atoms with Crippen LogP contribution in [-0.4, -0.2) is 50.5 Å². The van der Waals surface area contributed by atoms with E-state index in [1.54, 1.807) is 9.62 Å². The van der Waals surface area contributed by atoms with E-state index >= 15 is 0 Å². The Hall–Kier alpha value is -2.67. The number of halogens is 6. The van der Waals surface area contributed by atoms with Crippen molar-refractivity contribution in [2.45, 2.75) is 11.1 Å². The topological polar surface area (TPSA) is 82.6 Å². The van der Waals surface area contributed by atoms with Gasteiger partial charge in [-0.25, -0.2) is 31.7 Å². The van der Waals surface area contributed by atoms with E-state index in [0.717, 1.165) is 17.0 Å². The molecular weight excluding hydrogens is 471 g/mol. The number of carbonyl (C=O) groups is 1. The number of rotatable bonds is 3. The van der Waals surface area contributed by atoms with Crippen molar-refractivity contribution in [3.05, 3.63) is 52.7 Å². The molecule has 0 unspecified atom stereocenters. The summed E-state index contributed by atoms with van der Waals surface area (Å²) >= 11 is 5.91. The number of aromatic nitrogens is 1. The quantitative estimate of drug-likeness (QED) is 0.676. The van der Waals surface area contributed by atoms with Gasteiger partial charge in [-0.2, -0.15) is 13.2 Å². The minimum atomic E-state index is -4.59. The van der Waals surface area contributed by atoms with Crippen LogP contribution in [0.3, 0.4) is 0 Å². The Bertz CT molecular complexity index is 1110. The number of amides is 2. The summed E-state index contributed by atoms with van der Waals surface area (Å²) in [5.41, 5.74) is -0.998. The molecule has 1 aromatic heterocycles. The number of urea groups is 1. The molecule has 31 heavy (non-hydrogen) atoms. The van der Waals surface area contributed by atoms with Crippen LogP contribution in [0.4, 0.5) is 32.6 Å². The van der Waals surface area contributed by atoms with Crippen LogP contribution in [0.5, 0.6) is 0 Å². The Morgan fingerprint density at radius 3 is 2.26 bits per heavy atom. The summed E-state index contributed by atoms with van der Waals surface area (Å²) in [6.45, 7) is 0.268. The van der Waals surface area contributed by atoms with E-state index in [4.69, 9.17) is 11.6 Å². The second-order valence-corrected chi connectivity index (χ2v) is 8.58. The van der Waals surface area contributed by atoms with Gasteiger partial charge in [0, 0.05) is 32.4 Å². The molecule has 168 valence electrons. The largest absolute Gasteiger partial charge is 0.417 e. The third kappa shape index (κ3) is 5.15. The fourth-order valence-electron chi connectivity index (χ4n) is 2.82. The zero-order valence-corrected chi connectivity index (χ0v) is 17.0. The predicted molar refractivity (Wildman–Crippen MR) is 100 cm³/mol. The number of anilines is 1. The van der Waals surface area contributed by atoms with Gasteiger partial charge in [-0.1, -0.05) is 11.6 Å². The van der Waals surface area contributed by atoms with E-state index < -0.39 is 44.3 Å². The molecule has 7 nitrogen and oxygen atoms in total. The lowest BCUT2D eigenvalue weighted by Crippen LogP contribution is -2.53. The summed E-state index contributed by atoms with van der Waals surface area (Å²) in [5, 5.41) is -0.214. The normalized spacial score (nSPS) is 15.2. The summed E-state index contributed by atoms with van der Waals surface area (Å²) in [6, 6.07) is 1.63. The monoisotopic (exact) mass is 484 g/mol. The Balaban J connectivity index is 1.64. The van der Waals surface area contributed by atoms with Crippen LogP contribution < -0.4 is 9.62 Å². The van der Waals surface area contributed by atoms with E-state index in [1.165, 1.54) is 0 Å². The molecule has 0 radical (unpaired) electrons. The van der Waals surface area contributed by atoms with E-state index in [1.807, 2.05) is 0 Å². The second kappa shape index (κ2) is 8.46. The van der Waals surface area contributed by atoms with Gasteiger partial charge in [0.2, 0.25) is 0 Å². The van der Waals surface area contributed by atoms with Crippen molar-refractivity contribution in [3.63, 3.8) is 0 Å². The highest BCUT2D eigenvalue weighted by Gasteiger charge is 2.33. The lowest BCUT2D eigenvalue weighted by molar-refractivity contribution is -0.137. The summed E-state index contributed by atoms with van der Waals surface area (Å²) in [4.78, 5) is 18.1. The van der Waals surface area contributed by atoms with Gasteiger partial charge in [0.1, 0.15) is 5.82 Å². The molecule has 1 fully saturated rings. The van der Waals surface area contributed by atoms with Gasteiger partial charge in [-0.05, 0) is 24.3 Å². The molecule has 0 atom stereocenters. The van der Waals surface area contributed by atoms with Crippen LogP contribution in [0, 0.1) is 11.6 Å². The Morgan fingerprint density at radius 2 is 1.71 bits per heavy atom. The molecule has 1 N–H and O–H groups in total. The molecule has 0 bridgehead atoms. The van der Waals surface area contributed by atoms with Crippen molar-refractivity contribution >= 4 is 33.5 Å². The summed E-state index contributed by atoms with van der Waals surface area (Å²) in [5.74, 6) is -2.52. The first-order chi connectivity index (χ1) is 14.4. The van der Waals surface area contributed by atoms with E-state index in [9.17, 15) is 35.2 Å². The Morgan fingerprint density at radius 1 is 1.06 bits per heavy atom. The molecule has 0 saturated carbocycles. The number of pyridine rings is 1. The number of piperazine rings is 1. The number of benzene rings is 1. The van der Waals surface area contributed by atoms with Crippen molar-refractivity contribution < 1.29 is 35.2 Å². The first-order valence-electron chi connectivity index (χ1n) is 8.63. The molecule has 1 aromatic carbocycles. The molecular formula is C17H14ClF5N4O3S. The van der Waals surface area contributed by atoms with Gasteiger partial charge >= 0.3 is 12.2 Å². The molecule has 0 aliphatic carbocycles. The fourth-order valence-corrected chi connectivity index (χ4v) is 4.09. The number of hydrogen-bond donors (Lipinski definition) is 1. The molecule has 0 spiro atoms. The zero-order chi connectivity index (χ0) is 23.0. The predicted octanol–water partition coefficient (Wildman–Crippen LogP) is 3.25. The molecule has 1 aliphatic rings. The van der Waals surface area contributed by atoms with E-state index in [2.05, 4.69) is 4.98 Å². The van der Waals surface area contributed by atoms with Crippen molar-refractivity contribution in [2.75, 3.05) is 31.1 Å². The SMILES string of the molecule is O=C(NS(=O)(=O)c1ccc(F)c(F)c1)N1CCN(c2ncc(C(F)(F)F)cc2Cl)CC1. The molecule has 1 saturated heterocycles. The van der Waals surface area contributed by atoms with E-state index in [-0.39, 0.29) is 37.0 Å². The van der Waals surface area contributed by atoms with Crippen molar-refractivity contribution in [1.82, 2.24) is 14.6 Å². The summed E-state index contributed by atoms with van der Waals surface area (Å²) in [6.07, 6.45) is -3.94. The maximum atomic E-state index is 13.3. The number of alkyl halides is 3. The number of nitrogens with zero attached hydrogens (tertiary/aromatic N) is 3. The van der Waals surface area contributed by atoms with Crippen LogP contribution in [0.2, 0.25) is 5.02 Å². The minimum Gasteiger partial charge on any atom is -0.352 e.